The predicted octanol–water partition coefficient (Wildman–Crippen LogP) is 6.36. The van der Waals surface area contributed by atoms with Crippen LogP contribution in [-0.4, -0.2) is 15.0 Å². The van der Waals surface area contributed by atoms with E-state index in [9.17, 15) is 0 Å². The predicted molar refractivity (Wildman–Crippen MR) is 118 cm³/mol. The van der Waals surface area contributed by atoms with E-state index in [2.05, 4.69) is 79.3 Å². The zero-order valence-corrected chi connectivity index (χ0v) is 18.1. The molecule has 0 aliphatic heterocycles. The van der Waals surface area contributed by atoms with Gasteiger partial charge in [-0.25, -0.2) is 9.97 Å². The second kappa shape index (κ2) is 8.76. The monoisotopic (exact) mass is 493 g/mol. The highest BCUT2D eigenvalue weighted by Crippen LogP contribution is 2.41. The molecule has 0 saturated heterocycles. The largest absolute Gasteiger partial charge is 0.264 e. The van der Waals surface area contributed by atoms with Crippen LogP contribution in [0.25, 0.3) is 0 Å². The second-order valence-electron chi connectivity index (χ2n) is 6.42. The van der Waals surface area contributed by atoms with E-state index in [0.717, 1.165) is 26.2 Å². The average molecular weight is 495 g/mol. The highest BCUT2D eigenvalue weighted by Gasteiger charge is 2.30. The van der Waals surface area contributed by atoms with Crippen LogP contribution in [0.2, 0.25) is 0 Å². The number of benzene rings is 1. The lowest BCUT2D eigenvalue weighted by Crippen LogP contribution is -2.17. The topological polar surface area (TPSA) is 38.7 Å². The van der Waals surface area contributed by atoms with Crippen molar-refractivity contribution in [1.82, 2.24) is 15.0 Å². The first kappa shape index (κ1) is 19.0. The molecule has 1 unspecified atom stereocenters. The van der Waals surface area contributed by atoms with Gasteiger partial charge >= 0.3 is 0 Å². The fraction of sp³-hybridized carbons (Fsp3) is 0.0870. The van der Waals surface area contributed by atoms with E-state index in [-0.39, 0.29) is 11.8 Å². The van der Waals surface area contributed by atoms with Gasteiger partial charge in [0, 0.05) is 18.3 Å². The molecule has 0 aliphatic carbocycles. The van der Waals surface area contributed by atoms with Gasteiger partial charge in [0.15, 0.2) is 0 Å². The molecule has 0 N–H and O–H groups in total. The smallest absolute Gasteiger partial charge is 0.106 e. The van der Waals surface area contributed by atoms with Crippen LogP contribution < -0.4 is 0 Å². The molecule has 3 nitrogen and oxygen atoms in total. The number of aromatic nitrogens is 3. The van der Waals surface area contributed by atoms with Crippen LogP contribution >= 0.6 is 31.9 Å². The maximum absolute atomic E-state index is 4.79. The van der Waals surface area contributed by atoms with E-state index >= 15 is 0 Å². The van der Waals surface area contributed by atoms with Crippen molar-refractivity contribution in [1.29, 1.82) is 0 Å². The molecular weight excluding hydrogens is 478 g/mol. The maximum Gasteiger partial charge on any atom is 0.106 e. The highest BCUT2D eigenvalue weighted by atomic mass is 79.9. The van der Waals surface area contributed by atoms with Gasteiger partial charge in [0.05, 0.1) is 17.3 Å². The fourth-order valence-corrected chi connectivity index (χ4v) is 4.20. The van der Waals surface area contributed by atoms with Crippen LogP contribution in [0.1, 0.15) is 34.4 Å². The van der Waals surface area contributed by atoms with Crippen LogP contribution in [0.4, 0.5) is 0 Å². The van der Waals surface area contributed by atoms with E-state index in [1.807, 2.05) is 42.6 Å². The Balaban J connectivity index is 1.96. The zero-order chi connectivity index (χ0) is 19.3. The van der Waals surface area contributed by atoms with E-state index < -0.39 is 0 Å². The quantitative estimate of drug-likeness (QED) is 0.303. The molecule has 4 aromatic rings. The molecule has 3 aromatic heterocycles. The molecule has 0 radical (unpaired) electrons. The average Bonchev–Trinajstić information content (AvgIpc) is 2.73. The fourth-order valence-electron chi connectivity index (χ4n) is 3.49. The Morgan fingerprint density at radius 2 is 1.18 bits per heavy atom. The molecule has 28 heavy (non-hydrogen) atoms. The van der Waals surface area contributed by atoms with E-state index in [1.165, 1.54) is 5.56 Å². The summed E-state index contributed by atoms with van der Waals surface area (Å²) in [5, 5.41) is 0. The standard InChI is InChI=1S/C23H17Br2N3/c24-20-12-4-10-18(27-20)23(19-11-5-13-21(25)28-19)22(16-7-2-1-3-8-16)17-9-6-14-26-15-17/h1-15,22-23H. The molecule has 138 valence electrons. The maximum atomic E-state index is 4.79. The number of nitrogens with zero attached hydrogens (tertiary/aromatic N) is 3. The van der Waals surface area contributed by atoms with Crippen molar-refractivity contribution < 1.29 is 0 Å². The van der Waals surface area contributed by atoms with Crippen LogP contribution in [0, 0.1) is 0 Å². The Morgan fingerprint density at radius 3 is 1.71 bits per heavy atom. The lowest BCUT2D eigenvalue weighted by molar-refractivity contribution is 0.652. The van der Waals surface area contributed by atoms with Crippen molar-refractivity contribution in [3.8, 4) is 0 Å². The molecule has 0 amide bonds. The number of rotatable bonds is 5. The van der Waals surface area contributed by atoms with Crippen molar-refractivity contribution in [2.75, 3.05) is 0 Å². The number of hydrogen-bond donors (Lipinski definition) is 0. The zero-order valence-electron chi connectivity index (χ0n) is 14.9. The summed E-state index contributed by atoms with van der Waals surface area (Å²) in [4.78, 5) is 14.0. The number of pyridine rings is 3. The Labute approximate surface area is 181 Å². The summed E-state index contributed by atoms with van der Waals surface area (Å²) in [7, 11) is 0. The first-order valence-corrected chi connectivity index (χ1v) is 10.5. The van der Waals surface area contributed by atoms with Crippen LogP contribution in [0.15, 0.2) is 100 Å². The lowest BCUT2D eigenvalue weighted by atomic mass is 9.77. The molecular formula is C23H17Br2N3. The summed E-state index contributed by atoms with van der Waals surface area (Å²) in [6, 6.07) is 26.6. The molecule has 0 spiro atoms. The Kier molecular flexibility index (Phi) is 5.93. The number of hydrogen-bond acceptors (Lipinski definition) is 3. The van der Waals surface area contributed by atoms with Gasteiger partial charge < -0.3 is 0 Å². The van der Waals surface area contributed by atoms with Crippen LogP contribution in [-0.2, 0) is 0 Å². The molecule has 0 saturated carbocycles. The first-order valence-electron chi connectivity index (χ1n) is 8.92. The summed E-state index contributed by atoms with van der Waals surface area (Å²) in [6.45, 7) is 0. The van der Waals surface area contributed by atoms with Gasteiger partial charge in [-0.2, -0.15) is 0 Å². The third-order valence-corrected chi connectivity index (χ3v) is 5.53. The van der Waals surface area contributed by atoms with Gasteiger partial charge in [-0.15, -0.1) is 0 Å². The van der Waals surface area contributed by atoms with Gasteiger partial charge in [-0.1, -0.05) is 48.5 Å². The minimum atomic E-state index is -0.0680. The second-order valence-corrected chi connectivity index (χ2v) is 8.05. The van der Waals surface area contributed by atoms with Crippen LogP contribution in [0.3, 0.4) is 0 Å². The van der Waals surface area contributed by atoms with Crippen molar-refractivity contribution in [2.45, 2.75) is 11.8 Å². The summed E-state index contributed by atoms with van der Waals surface area (Å²) >= 11 is 7.05. The third kappa shape index (κ3) is 4.21. The van der Waals surface area contributed by atoms with Gasteiger partial charge in [0.1, 0.15) is 9.21 Å². The van der Waals surface area contributed by atoms with Gasteiger partial charge in [-0.05, 0) is 73.3 Å². The van der Waals surface area contributed by atoms with Gasteiger partial charge in [-0.3, -0.25) is 4.98 Å². The van der Waals surface area contributed by atoms with Crippen LogP contribution in [0.5, 0.6) is 0 Å². The summed E-state index contributed by atoms with van der Waals surface area (Å²) in [6.07, 6.45) is 3.73. The Hall–Kier alpha value is -2.37. The summed E-state index contributed by atoms with van der Waals surface area (Å²) in [5.41, 5.74) is 4.24. The minimum absolute atomic E-state index is 0.0264. The Bertz CT molecular complexity index is 970. The molecule has 1 atom stereocenters. The molecule has 0 bridgehead atoms. The van der Waals surface area contributed by atoms with Crippen molar-refractivity contribution in [2.24, 2.45) is 0 Å². The Morgan fingerprint density at radius 1 is 0.571 bits per heavy atom. The van der Waals surface area contributed by atoms with Gasteiger partial charge in [0.25, 0.3) is 0 Å². The van der Waals surface area contributed by atoms with Crippen molar-refractivity contribution >= 4 is 31.9 Å². The lowest BCUT2D eigenvalue weighted by Gasteiger charge is -2.27. The van der Waals surface area contributed by atoms with Crippen molar-refractivity contribution in [3.63, 3.8) is 0 Å². The van der Waals surface area contributed by atoms with E-state index in [0.29, 0.717) is 0 Å². The molecule has 0 aliphatic rings. The van der Waals surface area contributed by atoms with Crippen molar-refractivity contribution in [3.05, 3.63) is 123 Å². The van der Waals surface area contributed by atoms with Gasteiger partial charge in [0.2, 0.25) is 0 Å². The molecule has 3 heterocycles. The molecule has 0 fully saturated rings. The molecule has 5 heteroatoms. The number of halogens is 2. The van der Waals surface area contributed by atoms with E-state index in [4.69, 9.17) is 9.97 Å². The highest BCUT2D eigenvalue weighted by molar-refractivity contribution is 9.10. The molecule has 1 aromatic carbocycles. The first-order chi connectivity index (χ1) is 13.7. The van der Waals surface area contributed by atoms with E-state index in [1.54, 1.807) is 6.20 Å². The minimum Gasteiger partial charge on any atom is -0.264 e. The summed E-state index contributed by atoms with van der Waals surface area (Å²) in [5.74, 6) is -0.0416. The molecule has 4 rings (SSSR count). The summed E-state index contributed by atoms with van der Waals surface area (Å²) < 4.78 is 1.62. The third-order valence-electron chi connectivity index (χ3n) is 4.65. The normalized spacial score (nSPS) is 12.1. The SMILES string of the molecule is Brc1cccc(C(c2cccc(Br)n2)C(c2ccccc2)c2cccnc2)n1.